The number of hydrogen-bond donors (Lipinski definition) is 2. The van der Waals surface area contributed by atoms with Gasteiger partial charge in [0, 0.05) is 26.7 Å². The summed E-state index contributed by atoms with van der Waals surface area (Å²) in [5, 5.41) is 5.56. The Labute approximate surface area is 117 Å². The van der Waals surface area contributed by atoms with E-state index in [1.807, 2.05) is 32.0 Å². The number of nitrogens with zero attached hydrogens (tertiary/aromatic N) is 2. The summed E-state index contributed by atoms with van der Waals surface area (Å²) in [6, 6.07) is 5.65. The van der Waals surface area contributed by atoms with Gasteiger partial charge in [0.15, 0.2) is 0 Å². The van der Waals surface area contributed by atoms with Crippen LogP contribution >= 0.6 is 0 Å². The molecule has 0 aliphatic heterocycles. The van der Waals surface area contributed by atoms with Crippen LogP contribution in [0.2, 0.25) is 0 Å². The van der Waals surface area contributed by atoms with Gasteiger partial charge < -0.3 is 10.6 Å². The number of rotatable bonds is 3. The van der Waals surface area contributed by atoms with E-state index in [0.29, 0.717) is 6.54 Å². The molecule has 2 N–H and O–H groups in total. The molecule has 0 saturated heterocycles. The Bertz CT molecular complexity index is 697. The van der Waals surface area contributed by atoms with E-state index in [-0.39, 0.29) is 17.8 Å². The van der Waals surface area contributed by atoms with Crippen molar-refractivity contribution in [2.24, 2.45) is 14.1 Å². The molecule has 0 radical (unpaired) electrons. The second-order valence-electron chi connectivity index (χ2n) is 5.21. The fraction of sp³-hybridized carbons (Fsp3) is 0.429. The highest BCUT2D eigenvalue weighted by atomic mass is 16.2. The van der Waals surface area contributed by atoms with Crippen LogP contribution in [0.3, 0.4) is 0 Å². The molecule has 0 unspecified atom stereocenters. The number of amides is 2. The van der Waals surface area contributed by atoms with Crippen LogP contribution in [0.5, 0.6) is 0 Å². The number of fused-ring (bicyclic) bond motifs is 1. The molecular weight excluding hydrogens is 256 g/mol. The van der Waals surface area contributed by atoms with Crippen LogP contribution in [0.4, 0.5) is 4.79 Å². The number of carbonyl (C=O) groups excluding carboxylic acids is 1. The topological polar surface area (TPSA) is 68.1 Å². The van der Waals surface area contributed by atoms with Gasteiger partial charge in [-0.1, -0.05) is 6.07 Å². The summed E-state index contributed by atoms with van der Waals surface area (Å²) in [4.78, 5) is 23.4. The normalized spacial score (nSPS) is 11.1. The lowest BCUT2D eigenvalue weighted by Gasteiger charge is -2.10. The summed E-state index contributed by atoms with van der Waals surface area (Å²) < 4.78 is 3.21. The number of benzene rings is 1. The van der Waals surface area contributed by atoms with E-state index in [2.05, 4.69) is 10.6 Å². The zero-order valence-corrected chi connectivity index (χ0v) is 12.2. The van der Waals surface area contributed by atoms with Crippen molar-refractivity contribution >= 4 is 17.1 Å². The summed E-state index contributed by atoms with van der Waals surface area (Å²) in [5.41, 5.74) is 2.65. The van der Waals surface area contributed by atoms with Crippen molar-refractivity contribution in [2.45, 2.75) is 26.4 Å². The number of hydrogen-bond acceptors (Lipinski definition) is 2. The molecule has 0 bridgehead atoms. The summed E-state index contributed by atoms with van der Waals surface area (Å²) in [6.07, 6.45) is 0. The third-order valence-corrected chi connectivity index (χ3v) is 3.21. The minimum atomic E-state index is -0.193. The van der Waals surface area contributed by atoms with Gasteiger partial charge in [0.1, 0.15) is 0 Å². The van der Waals surface area contributed by atoms with Crippen LogP contribution in [0.25, 0.3) is 11.0 Å². The van der Waals surface area contributed by atoms with Crippen LogP contribution in [0, 0.1) is 0 Å². The summed E-state index contributed by atoms with van der Waals surface area (Å²) >= 11 is 0. The van der Waals surface area contributed by atoms with Gasteiger partial charge in [-0.25, -0.2) is 9.59 Å². The largest absolute Gasteiger partial charge is 0.336 e. The summed E-state index contributed by atoms with van der Waals surface area (Å²) in [6.45, 7) is 4.24. The van der Waals surface area contributed by atoms with Crippen LogP contribution in [-0.2, 0) is 20.6 Å². The highest BCUT2D eigenvalue weighted by molar-refractivity contribution is 5.77. The predicted molar refractivity (Wildman–Crippen MR) is 78.7 cm³/mol. The molecule has 2 amide bonds. The molecule has 6 nitrogen and oxygen atoms in total. The third-order valence-electron chi connectivity index (χ3n) is 3.21. The third kappa shape index (κ3) is 2.68. The van der Waals surface area contributed by atoms with Crippen molar-refractivity contribution in [3.8, 4) is 0 Å². The first kappa shape index (κ1) is 14.2. The molecule has 1 heterocycles. The van der Waals surface area contributed by atoms with Gasteiger partial charge in [-0.15, -0.1) is 0 Å². The fourth-order valence-electron chi connectivity index (χ4n) is 2.16. The fourth-order valence-corrected chi connectivity index (χ4v) is 2.16. The van der Waals surface area contributed by atoms with Crippen LogP contribution < -0.4 is 16.3 Å². The molecule has 108 valence electrons. The van der Waals surface area contributed by atoms with Crippen molar-refractivity contribution in [3.05, 3.63) is 34.2 Å². The molecule has 0 saturated carbocycles. The van der Waals surface area contributed by atoms with Gasteiger partial charge in [-0.2, -0.15) is 0 Å². The Morgan fingerprint density at radius 1 is 1.20 bits per heavy atom. The van der Waals surface area contributed by atoms with E-state index in [1.54, 1.807) is 23.2 Å². The minimum absolute atomic E-state index is 0.0531. The number of aryl methyl sites for hydroxylation is 2. The lowest BCUT2D eigenvalue weighted by Crippen LogP contribution is -2.39. The van der Waals surface area contributed by atoms with Gasteiger partial charge in [0.05, 0.1) is 11.0 Å². The van der Waals surface area contributed by atoms with Crippen LogP contribution in [-0.4, -0.2) is 21.2 Å². The van der Waals surface area contributed by atoms with E-state index in [1.165, 1.54) is 0 Å². The Morgan fingerprint density at radius 2 is 1.85 bits per heavy atom. The van der Waals surface area contributed by atoms with Crippen molar-refractivity contribution in [1.82, 2.24) is 19.8 Å². The molecule has 20 heavy (non-hydrogen) atoms. The Morgan fingerprint density at radius 3 is 2.50 bits per heavy atom. The van der Waals surface area contributed by atoms with Gasteiger partial charge in [0.25, 0.3) is 0 Å². The van der Waals surface area contributed by atoms with E-state index in [0.717, 1.165) is 16.6 Å². The van der Waals surface area contributed by atoms with Crippen LogP contribution in [0.15, 0.2) is 23.0 Å². The standard InChI is InChI=1S/C14H20N4O2/c1-9(2)16-13(19)15-8-10-5-6-11-12(7-10)18(4)14(20)17(11)3/h5-7,9H,8H2,1-4H3,(H2,15,16,19). The predicted octanol–water partition coefficient (Wildman–Crippen LogP) is 1.08. The molecular formula is C14H20N4O2. The van der Waals surface area contributed by atoms with Gasteiger partial charge in [-0.3, -0.25) is 9.13 Å². The first-order valence-electron chi connectivity index (χ1n) is 6.59. The molecule has 2 rings (SSSR count). The molecule has 0 aliphatic carbocycles. The smallest absolute Gasteiger partial charge is 0.328 e. The molecule has 0 fully saturated rings. The Kier molecular flexibility index (Phi) is 3.83. The molecule has 1 aromatic carbocycles. The van der Waals surface area contributed by atoms with Crippen molar-refractivity contribution in [3.63, 3.8) is 0 Å². The lowest BCUT2D eigenvalue weighted by atomic mass is 10.2. The number of urea groups is 1. The average Bonchev–Trinajstić information content (AvgIpc) is 2.61. The second-order valence-corrected chi connectivity index (χ2v) is 5.21. The first-order valence-corrected chi connectivity index (χ1v) is 6.59. The summed E-state index contributed by atoms with van der Waals surface area (Å²) in [7, 11) is 3.49. The Balaban J connectivity index is 2.18. The Hall–Kier alpha value is -2.24. The molecule has 1 aromatic heterocycles. The molecule has 0 spiro atoms. The maximum absolute atomic E-state index is 11.8. The van der Waals surface area contributed by atoms with Crippen molar-refractivity contribution in [1.29, 1.82) is 0 Å². The average molecular weight is 276 g/mol. The highest BCUT2D eigenvalue weighted by Gasteiger charge is 2.08. The van der Waals surface area contributed by atoms with E-state index < -0.39 is 0 Å². The summed E-state index contributed by atoms with van der Waals surface area (Å²) in [5.74, 6) is 0. The lowest BCUT2D eigenvalue weighted by molar-refractivity contribution is 0.238. The van der Waals surface area contributed by atoms with Gasteiger partial charge in [-0.05, 0) is 31.5 Å². The zero-order chi connectivity index (χ0) is 14.9. The highest BCUT2D eigenvalue weighted by Crippen LogP contribution is 2.13. The monoisotopic (exact) mass is 276 g/mol. The molecule has 0 aliphatic rings. The number of aromatic nitrogens is 2. The van der Waals surface area contributed by atoms with Crippen molar-refractivity contribution in [2.75, 3.05) is 0 Å². The van der Waals surface area contributed by atoms with Crippen LogP contribution in [0.1, 0.15) is 19.4 Å². The molecule has 2 aromatic rings. The SMILES string of the molecule is CC(C)NC(=O)NCc1ccc2c(c1)n(C)c(=O)n2C. The van der Waals surface area contributed by atoms with Crippen molar-refractivity contribution < 1.29 is 4.79 Å². The molecule has 0 atom stereocenters. The second kappa shape index (κ2) is 5.40. The number of carbonyl (C=O) groups is 1. The van der Waals surface area contributed by atoms with E-state index in [4.69, 9.17) is 0 Å². The quantitative estimate of drug-likeness (QED) is 0.881. The minimum Gasteiger partial charge on any atom is -0.336 e. The zero-order valence-electron chi connectivity index (χ0n) is 12.2. The van der Waals surface area contributed by atoms with E-state index in [9.17, 15) is 9.59 Å². The van der Waals surface area contributed by atoms with Gasteiger partial charge in [0.2, 0.25) is 0 Å². The maximum Gasteiger partial charge on any atom is 0.328 e. The molecule has 6 heteroatoms. The number of nitrogens with one attached hydrogen (secondary N) is 2. The first-order chi connectivity index (χ1) is 9.40. The maximum atomic E-state index is 11.8. The van der Waals surface area contributed by atoms with E-state index >= 15 is 0 Å². The number of imidazole rings is 1. The van der Waals surface area contributed by atoms with Gasteiger partial charge >= 0.3 is 11.7 Å².